The van der Waals surface area contributed by atoms with E-state index in [9.17, 15) is 9.59 Å². The van der Waals surface area contributed by atoms with Crippen molar-refractivity contribution in [3.8, 4) is 10.4 Å². The second-order valence-electron chi connectivity index (χ2n) is 7.21. The molecule has 5 nitrogen and oxygen atoms in total. The van der Waals surface area contributed by atoms with Crippen LogP contribution < -0.4 is 5.32 Å². The highest BCUT2D eigenvalue weighted by molar-refractivity contribution is 7.20. The maximum atomic E-state index is 13.3. The predicted molar refractivity (Wildman–Crippen MR) is 114 cm³/mol. The second-order valence-corrected chi connectivity index (χ2v) is 8.23. The van der Waals surface area contributed by atoms with Crippen molar-refractivity contribution in [3.63, 3.8) is 0 Å². The van der Waals surface area contributed by atoms with Crippen LogP contribution in [0.4, 0.5) is 5.00 Å². The molecule has 1 aromatic carbocycles. The van der Waals surface area contributed by atoms with Gasteiger partial charge in [-0.1, -0.05) is 50.6 Å². The number of hydrogen-bond donors (Lipinski definition) is 1. The molecule has 1 N–H and O–H groups in total. The first-order valence-electron chi connectivity index (χ1n) is 9.89. The van der Waals surface area contributed by atoms with Crippen LogP contribution in [0, 0.1) is 12.8 Å². The van der Waals surface area contributed by atoms with Crippen LogP contribution in [0.3, 0.4) is 0 Å². The molecule has 1 atom stereocenters. The van der Waals surface area contributed by atoms with Crippen molar-refractivity contribution in [3.05, 3.63) is 41.5 Å². The number of amides is 2. The third-order valence-electron chi connectivity index (χ3n) is 5.10. The summed E-state index contributed by atoms with van der Waals surface area (Å²) >= 11 is 1.48. The molecule has 1 aliphatic heterocycles. The van der Waals surface area contributed by atoms with Crippen LogP contribution in [-0.4, -0.2) is 43.0 Å². The Bertz CT molecular complexity index is 826. The summed E-state index contributed by atoms with van der Waals surface area (Å²) in [7, 11) is 0. The van der Waals surface area contributed by atoms with E-state index in [-0.39, 0.29) is 17.7 Å². The summed E-state index contributed by atoms with van der Waals surface area (Å²) in [6.45, 7) is 8.23. The van der Waals surface area contributed by atoms with E-state index in [1.807, 2.05) is 49.1 Å². The third-order valence-corrected chi connectivity index (χ3v) is 6.36. The normalized spacial score (nSPS) is 15.3. The lowest BCUT2D eigenvalue weighted by Crippen LogP contribution is -2.41. The standard InChI is InChI=1S/C22H28N2O3S/c1-4-8-15(2)20(25)23-21-18(22(26)24-11-13-27-14-12-24)16(3)19(28-21)17-9-6-5-7-10-17/h5-7,9-10,15H,4,8,11-14H2,1-3H3,(H,23,25). The minimum absolute atomic E-state index is 0.0289. The van der Waals surface area contributed by atoms with Crippen molar-refractivity contribution in [2.45, 2.75) is 33.6 Å². The number of ether oxygens (including phenoxy) is 1. The molecule has 1 fully saturated rings. The number of carbonyl (C=O) groups is 2. The molecule has 0 radical (unpaired) electrons. The number of nitrogens with one attached hydrogen (secondary N) is 1. The van der Waals surface area contributed by atoms with Crippen molar-refractivity contribution in [2.75, 3.05) is 31.6 Å². The zero-order valence-corrected chi connectivity index (χ0v) is 17.6. The van der Waals surface area contributed by atoms with Gasteiger partial charge in [0.25, 0.3) is 5.91 Å². The molecule has 0 bridgehead atoms. The molecule has 6 heteroatoms. The van der Waals surface area contributed by atoms with Gasteiger partial charge in [-0.25, -0.2) is 0 Å². The molecule has 28 heavy (non-hydrogen) atoms. The predicted octanol–water partition coefficient (Wildman–Crippen LogP) is 4.57. The first kappa shape index (κ1) is 20.6. The Hall–Kier alpha value is -2.18. The van der Waals surface area contributed by atoms with Gasteiger partial charge < -0.3 is 15.0 Å². The zero-order valence-electron chi connectivity index (χ0n) is 16.8. The van der Waals surface area contributed by atoms with Gasteiger partial charge in [-0.3, -0.25) is 9.59 Å². The molecule has 1 unspecified atom stereocenters. The molecule has 1 aromatic heterocycles. The number of nitrogens with zero attached hydrogens (tertiary/aromatic N) is 1. The number of rotatable bonds is 6. The van der Waals surface area contributed by atoms with Crippen LogP contribution in [0.2, 0.25) is 0 Å². The first-order chi connectivity index (χ1) is 13.5. The van der Waals surface area contributed by atoms with E-state index in [1.165, 1.54) is 11.3 Å². The maximum Gasteiger partial charge on any atom is 0.257 e. The highest BCUT2D eigenvalue weighted by Gasteiger charge is 2.28. The molecule has 0 aliphatic carbocycles. The molecule has 2 aromatic rings. The number of anilines is 1. The Balaban J connectivity index is 1.98. The van der Waals surface area contributed by atoms with Crippen molar-refractivity contribution in [2.24, 2.45) is 5.92 Å². The van der Waals surface area contributed by atoms with E-state index in [4.69, 9.17) is 4.74 Å². The molecular weight excluding hydrogens is 372 g/mol. The Kier molecular flexibility index (Phi) is 6.86. The van der Waals surface area contributed by atoms with E-state index >= 15 is 0 Å². The molecular formula is C22H28N2O3S. The minimum atomic E-state index is -0.0843. The fourth-order valence-corrected chi connectivity index (χ4v) is 4.66. The largest absolute Gasteiger partial charge is 0.378 e. The van der Waals surface area contributed by atoms with Gasteiger partial charge in [-0.2, -0.15) is 0 Å². The van der Waals surface area contributed by atoms with Gasteiger partial charge in [0.05, 0.1) is 18.8 Å². The molecule has 0 spiro atoms. The number of thiophene rings is 1. The molecule has 0 saturated carbocycles. The summed E-state index contributed by atoms with van der Waals surface area (Å²) in [4.78, 5) is 28.8. The Labute approximate surface area is 170 Å². The lowest BCUT2D eigenvalue weighted by molar-refractivity contribution is -0.119. The van der Waals surface area contributed by atoms with Crippen molar-refractivity contribution < 1.29 is 14.3 Å². The fourth-order valence-electron chi connectivity index (χ4n) is 3.45. The Morgan fingerprint density at radius 2 is 1.89 bits per heavy atom. The summed E-state index contributed by atoms with van der Waals surface area (Å²) in [5, 5.41) is 3.70. The molecule has 3 rings (SSSR count). The van der Waals surface area contributed by atoms with Crippen molar-refractivity contribution >= 4 is 28.2 Å². The summed E-state index contributed by atoms with van der Waals surface area (Å²) in [6.07, 6.45) is 1.78. The zero-order chi connectivity index (χ0) is 20.1. The van der Waals surface area contributed by atoms with Crippen molar-refractivity contribution in [1.29, 1.82) is 0 Å². The number of hydrogen-bond acceptors (Lipinski definition) is 4. The quantitative estimate of drug-likeness (QED) is 0.773. The third kappa shape index (κ3) is 4.45. The minimum Gasteiger partial charge on any atom is -0.378 e. The van der Waals surface area contributed by atoms with E-state index in [1.54, 1.807) is 0 Å². The first-order valence-corrected chi connectivity index (χ1v) is 10.7. The number of carbonyl (C=O) groups excluding carboxylic acids is 2. The van der Waals surface area contributed by atoms with Crippen LogP contribution in [0.5, 0.6) is 0 Å². The molecule has 1 aliphatic rings. The number of benzene rings is 1. The van der Waals surface area contributed by atoms with Gasteiger partial charge in [0.15, 0.2) is 0 Å². The van der Waals surface area contributed by atoms with Crippen LogP contribution in [0.1, 0.15) is 42.6 Å². The van der Waals surface area contributed by atoms with E-state index < -0.39 is 0 Å². The van der Waals surface area contributed by atoms with Gasteiger partial charge in [0, 0.05) is 23.9 Å². The van der Waals surface area contributed by atoms with Gasteiger partial charge in [-0.15, -0.1) is 11.3 Å². The molecule has 2 heterocycles. The highest BCUT2D eigenvalue weighted by Crippen LogP contribution is 2.40. The lowest BCUT2D eigenvalue weighted by atomic mass is 10.0. The lowest BCUT2D eigenvalue weighted by Gasteiger charge is -2.27. The summed E-state index contributed by atoms with van der Waals surface area (Å²) < 4.78 is 5.38. The van der Waals surface area contributed by atoms with Gasteiger partial charge in [0.2, 0.25) is 5.91 Å². The molecule has 150 valence electrons. The summed E-state index contributed by atoms with van der Waals surface area (Å²) in [5.41, 5.74) is 2.59. The van der Waals surface area contributed by atoms with Crippen LogP contribution in [0.25, 0.3) is 10.4 Å². The van der Waals surface area contributed by atoms with Gasteiger partial charge >= 0.3 is 0 Å². The topological polar surface area (TPSA) is 58.6 Å². The van der Waals surface area contributed by atoms with Gasteiger partial charge in [0.1, 0.15) is 5.00 Å². The maximum absolute atomic E-state index is 13.3. The van der Waals surface area contributed by atoms with Crippen LogP contribution in [0.15, 0.2) is 30.3 Å². The average molecular weight is 401 g/mol. The average Bonchev–Trinajstić information content (AvgIpc) is 3.04. The number of morpholine rings is 1. The van der Waals surface area contributed by atoms with E-state index in [0.29, 0.717) is 36.9 Å². The van der Waals surface area contributed by atoms with Gasteiger partial charge in [-0.05, 0) is 24.5 Å². The molecule has 1 saturated heterocycles. The van der Waals surface area contributed by atoms with Crippen LogP contribution in [-0.2, 0) is 9.53 Å². The summed E-state index contributed by atoms with van der Waals surface area (Å²) in [6, 6.07) is 10.0. The summed E-state index contributed by atoms with van der Waals surface area (Å²) in [5.74, 6) is -0.143. The van der Waals surface area contributed by atoms with E-state index in [2.05, 4.69) is 12.2 Å². The Morgan fingerprint density at radius 1 is 1.21 bits per heavy atom. The SMILES string of the molecule is CCCC(C)C(=O)Nc1sc(-c2ccccc2)c(C)c1C(=O)N1CCOCC1. The second kappa shape index (κ2) is 9.34. The highest BCUT2D eigenvalue weighted by atomic mass is 32.1. The fraction of sp³-hybridized carbons (Fsp3) is 0.455. The van der Waals surface area contributed by atoms with E-state index in [0.717, 1.165) is 28.8 Å². The monoisotopic (exact) mass is 400 g/mol. The van der Waals surface area contributed by atoms with Crippen molar-refractivity contribution in [1.82, 2.24) is 4.90 Å². The molecule has 2 amide bonds. The van der Waals surface area contributed by atoms with Crippen LogP contribution >= 0.6 is 11.3 Å². The Morgan fingerprint density at radius 3 is 2.54 bits per heavy atom. The smallest absolute Gasteiger partial charge is 0.257 e.